The maximum Gasteiger partial charge on any atom is 0.419 e. The fraction of sp³-hybridized carbons (Fsp3) is 0.636. The van der Waals surface area contributed by atoms with Crippen molar-refractivity contribution in [2.24, 2.45) is 11.3 Å². The van der Waals surface area contributed by atoms with Crippen LogP contribution >= 0.6 is 0 Å². The largest absolute Gasteiger partial charge is 0.419 e. The van der Waals surface area contributed by atoms with E-state index in [9.17, 15) is 19.7 Å². The van der Waals surface area contributed by atoms with Crippen molar-refractivity contribution in [2.45, 2.75) is 78.3 Å². The molecule has 1 amide bonds. The molecule has 8 nitrogen and oxygen atoms in total. The molecule has 8 heteroatoms. The number of nitrogens with one attached hydrogen (secondary N) is 1. The number of hydrogen-bond donors (Lipinski definition) is 1. The van der Waals surface area contributed by atoms with Gasteiger partial charge in [0.15, 0.2) is 5.58 Å². The van der Waals surface area contributed by atoms with Crippen LogP contribution in [0.4, 0.5) is 5.69 Å². The molecule has 1 aromatic heterocycles. The topological polar surface area (TPSA) is 107 Å². The van der Waals surface area contributed by atoms with E-state index in [0.29, 0.717) is 36.2 Å². The van der Waals surface area contributed by atoms with Gasteiger partial charge in [-0.1, -0.05) is 27.2 Å². The van der Waals surface area contributed by atoms with Gasteiger partial charge in [0.25, 0.3) is 5.69 Å². The number of oxazole rings is 1. The molecule has 0 saturated heterocycles. The molecule has 1 heterocycles. The van der Waals surface area contributed by atoms with E-state index in [1.165, 1.54) is 29.2 Å². The normalized spacial score (nSPS) is 19.7. The lowest BCUT2D eigenvalue weighted by Gasteiger charge is -2.39. The van der Waals surface area contributed by atoms with E-state index in [-0.39, 0.29) is 23.2 Å². The number of hydrogen-bond acceptors (Lipinski definition) is 5. The van der Waals surface area contributed by atoms with Crippen molar-refractivity contribution in [3.63, 3.8) is 0 Å². The molecule has 1 fully saturated rings. The van der Waals surface area contributed by atoms with Gasteiger partial charge in [-0.2, -0.15) is 0 Å². The van der Waals surface area contributed by atoms with Crippen LogP contribution in [0.2, 0.25) is 0 Å². The molecule has 1 aliphatic rings. The zero-order valence-corrected chi connectivity index (χ0v) is 18.0. The highest BCUT2D eigenvalue weighted by Crippen LogP contribution is 2.40. The maximum atomic E-state index is 12.3. The average Bonchev–Trinajstić information content (AvgIpc) is 3.03. The van der Waals surface area contributed by atoms with Gasteiger partial charge in [-0.05, 0) is 49.5 Å². The first-order valence-electron chi connectivity index (χ1n) is 10.8. The lowest BCUT2D eigenvalue weighted by molar-refractivity contribution is -0.384. The van der Waals surface area contributed by atoms with Gasteiger partial charge in [0.2, 0.25) is 5.91 Å². The van der Waals surface area contributed by atoms with Crippen LogP contribution in [0.1, 0.15) is 65.7 Å². The SMILES string of the molecule is CCC(C)(C)C1CCC(NC(=O)CCCn2c(=O)oc3cc([N+](=O)[O-])ccc32)CC1. The number of nitrogens with zero attached hydrogens (tertiary/aromatic N) is 2. The maximum absolute atomic E-state index is 12.3. The summed E-state index contributed by atoms with van der Waals surface area (Å²) in [6.07, 6.45) is 6.32. The molecule has 0 aliphatic heterocycles. The van der Waals surface area contributed by atoms with Crippen LogP contribution in [0.15, 0.2) is 27.4 Å². The second kappa shape index (κ2) is 9.02. The van der Waals surface area contributed by atoms with Crippen LogP contribution in [0.5, 0.6) is 0 Å². The summed E-state index contributed by atoms with van der Waals surface area (Å²) in [5.74, 6) is 0.153. The number of benzene rings is 1. The molecule has 1 aliphatic carbocycles. The summed E-state index contributed by atoms with van der Waals surface area (Å²) in [7, 11) is 0. The number of fused-ring (bicyclic) bond motifs is 1. The number of rotatable bonds is 8. The van der Waals surface area contributed by atoms with Crippen molar-refractivity contribution in [2.75, 3.05) is 0 Å². The number of carbonyl (C=O) groups excluding carboxylic acids is 1. The van der Waals surface area contributed by atoms with Crippen molar-refractivity contribution >= 4 is 22.7 Å². The monoisotopic (exact) mass is 417 g/mol. The first-order chi connectivity index (χ1) is 14.2. The van der Waals surface area contributed by atoms with Crippen LogP contribution in [0, 0.1) is 21.4 Å². The predicted octanol–water partition coefficient (Wildman–Crippen LogP) is 4.39. The Bertz CT molecular complexity index is 967. The van der Waals surface area contributed by atoms with E-state index in [1.807, 2.05) is 0 Å². The van der Waals surface area contributed by atoms with Crippen LogP contribution in [-0.4, -0.2) is 21.4 Å². The van der Waals surface area contributed by atoms with E-state index >= 15 is 0 Å². The zero-order chi connectivity index (χ0) is 21.9. The molecule has 0 spiro atoms. The smallest absolute Gasteiger partial charge is 0.407 e. The highest BCUT2D eigenvalue weighted by molar-refractivity contribution is 5.77. The predicted molar refractivity (Wildman–Crippen MR) is 114 cm³/mol. The van der Waals surface area contributed by atoms with E-state index < -0.39 is 10.7 Å². The third-order valence-electron chi connectivity index (χ3n) is 6.76. The fourth-order valence-electron chi connectivity index (χ4n) is 4.39. The van der Waals surface area contributed by atoms with Gasteiger partial charge in [-0.3, -0.25) is 19.5 Å². The standard InChI is InChI=1S/C22H31N3O5/c1-4-22(2,3)15-7-9-16(10-8-15)23-20(26)6-5-13-24-18-12-11-17(25(28)29)14-19(18)30-21(24)27/h11-12,14-16H,4-10,13H2,1-3H3,(H,23,26). The number of non-ortho nitro benzene ring substituents is 1. The lowest BCUT2D eigenvalue weighted by Crippen LogP contribution is -2.39. The Morgan fingerprint density at radius 1 is 1.30 bits per heavy atom. The summed E-state index contributed by atoms with van der Waals surface area (Å²) in [4.78, 5) is 34.8. The molecule has 30 heavy (non-hydrogen) atoms. The van der Waals surface area contributed by atoms with Crippen molar-refractivity contribution in [3.05, 3.63) is 38.9 Å². The molecule has 164 valence electrons. The van der Waals surface area contributed by atoms with Crippen molar-refractivity contribution in [3.8, 4) is 0 Å². The number of nitro groups is 1. The molecule has 0 bridgehead atoms. The lowest BCUT2D eigenvalue weighted by atomic mass is 9.69. The molecule has 0 radical (unpaired) electrons. The summed E-state index contributed by atoms with van der Waals surface area (Å²) < 4.78 is 6.54. The third-order valence-corrected chi connectivity index (χ3v) is 6.76. The van der Waals surface area contributed by atoms with E-state index in [2.05, 4.69) is 26.1 Å². The average molecular weight is 418 g/mol. The molecular weight excluding hydrogens is 386 g/mol. The second-order valence-electron chi connectivity index (χ2n) is 8.99. The number of aryl methyl sites for hydroxylation is 1. The number of aromatic nitrogens is 1. The zero-order valence-electron chi connectivity index (χ0n) is 18.0. The molecule has 1 N–H and O–H groups in total. The van der Waals surface area contributed by atoms with Gasteiger partial charge in [0.1, 0.15) is 0 Å². The van der Waals surface area contributed by atoms with Crippen LogP contribution in [0.25, 0.3) is 11.1 Å². The summed E-state index contributed by atoms with van der Waals surface area (Å²) in [6.45, 7) is 7.23. The summed E-state index contributed by atoms with van der Waals surface area (Å²) in [5.41, 5.74) is 0.920. The number of nitro benzene ring substituents is 1. The van der Waals surface area contributed by atoms with Crippen molar-refractivity contribution < 1.29 is 14.1 Å². The van der Waals surface area contributed by atoms with Crippen molar-refractivity contribution in [1.29, 1.82) is 0 Å². The third kappa shape index (κ3) is 4.91. The van der Waals surface area contributed by atoms with Gasteiger partial charge >= 0.3 is 5.76 Å². The minimum Gasteiger partial charge on any atom is -0.407 e. The molecule has 1 saturated carbocycles. The van der Waals surface area contributed by atoms with Gasteiger partial charge < -0.3 is 9.73 Å². The minimum atomic E-state index is -0.567. The highest BCUT2D eigenvalue weighted by atomic mass is 16.6. The van der Waals surface area contributed by atoms with Crippen LogP contribution < -0.4 is 11.1 Å². The molecular formula is C22H31N3O5. The van der Waals surface area contributed by atoms with Gasteiger partial charge in [0.05, 0.1) is 16.5 Å². The summed E-state index contributed by atoms with van der Waals surface area (Å²) in [6, 6.07) is 4.33. The van der Waals surface area contributed by atoms with E-state index in [4.69, 9.17) is 4.42 Å². The Hall–Kier alpha value is -2.64. The van der Waals surface area contributed by atoms with E-state index in [1.54, 1.807) is 0 Å². The summed E-state index contributed by atoms with van der Waals surface area (Å²) >= 11 is 0. The highest BCUT2D eigenvalue weighted by Gasteiger charge is 2.32. The fourth-order valence-corrected chi connectivity index (χ4v) is 4.39. The Labute approximate surface area is 175 Å². The first kappa shape index (κ1) is 22.1. The molecule has 2 aromatic rings. The Kier molecular flexibility index (Phi) is 6.63. The van der Waals surface area contributed by atoms with Crippen LogP contribution in [-0.2, 0) is 11.3 Å². The molecule has 0 unspecified atom stereocenters. The van der Waals surface area contributed by atoms with Gasteiger partial charge in [0, 0.05) is 25.1 Å². The van der Waals surface area contributed by atoms with Gasteiger partial charge in [-0.15, -0.1) is 0 Å². The minimum absolute atomic E-state index is 0.00434. The Balaban J connectivity index is 1.49. The summed E-state index contributed by atoms with van der Waals surface area (Å²) in [5, 5.41) is 14.0. The number of carbonyl (C=O) groups is 1. The van der Waals surface area contributed by atoms with E-state index in [0.717, 1.165) is 25.7 Å². The van der Waals surface area contributed by atoms with Crippen molar-refractivity contribution in [1.82, 2.24) is 9.88 Å². The Morgan fingerprint density at radius 2 is 2.00 bits per heavy atom. The molecule has 3 rings (SSSR count). The first-order valence-corrected chi connectivity index (χ1v) is 10.8. The second-order valence-corrected chi connectivity index (χ2v) is 8.99. The Morgan fingerprint density at radius 3 is 2.63 bits per heavy atom. The molecule has 0 atom stereocenters. The van der Waals surface area contributed by atoms with Gasteiger partial charge in [-0.25, -0.2) is 4.79 Å². The number of amides is 1. The molecule has 1 aromatic carbocycles. The quantitative estimate of drug-likeness (QED) is 0.506. The van der Waals surface area contributed by atoms with Crippen LogP contribution in [0.3, 0.4) is 0 Å².